The first-order valence-corrected chi connectivity index (χ1v) is 10.0. The van der Waals surface area contributed by atoms with Crippen LogP contribution in [-0.4, -0.2) is 23.1 Å². The van der Waals surface area contributed by atoms with Gasteiger partial charge in [-0.15, -0.1) is 11.3 Å². The van der Waals surface area contributed by atoms with E-state index >= 15 is 0 Å². The quantitative estimate of drug-likeness (QED) is 0.208. The number of thiophene rings is 1. The molecule has 6 nitrogen and oxygen atoms in total. The fourth-order valence-corrected chi connectivity index (χ4v) is 4.03. The Bertz CT molecular complexity index is 1240. The first-order valence-electron chi connectivity index (χ1n) is 8.84. The molecule has 0 bridgehead atoms. The summed E-state index contributed by atoms with van der Waals surface area (Å²) in [5, 5.41) is 5.14. The molecule has 0 aliphatic rings. The summed E-state index contributed by atoms with van der Waals surface area (Å²) in [6.45, 7) is 0. The van der Waals surface area contributed by atoms with Gasteiger partial charge in [0, 0.05) is 22.5 Å². The van der Waals surface area contributed by atoms with Crippen LogP contribution in [0.25, 0.3) is 10.1 Å². The number of hydrogen-bond donors (Lipinski definition) is 1. The van der Waals surface area contributed by atoms with Crippen molar-refractivity contribution >= 4 is 51.1 Å². The fraction of sp³-hybridized carbons (Fsp3) is 0. The fourth-order valence-electron chi connectivity index (χ4n) is 2.65. The second-order valence-electron chi connectivity index (χ2n) is 6.14. The van der Waals surface area contributed by atoms with Crippen molar-refractivity contribution in [2.24, 2.45) is 5.10 Å². The molecule has 2 aromatic heterocycles. The van der Waals surface area contributed by atoms with Gasteiger partial charge in [-0.25, -0.2) is 10.2 Å². The molecule has 1 N–H and O–H groups in total. The summed E-state index contributed by atoms with van der Waals surface area (Å²) in [6, 6.07) is 17.6. The Kier molecular flexibility index (Phi) is 5.83. The van der Waals surface area contributed by atoms with E-state index in [0.29, 0.717) is 21.2 Å². The van der Waals surface area contributed by atoms with Gasteiger partial charge in [-0.1, -0.05) is 29.8 Å². The summed E-state index contributed by atoms with van der Waals surface area (Å²) in [5.74, 6) is -0.485. The molecule has 0 fully saturated rings. The van der Waals surface area contributed by atoms with Crippen LogP contribution >= 0.6 is 22.9 Å². The van der Waals surface area contributed by atoms with E-state index in [2.05, 4.69) is 15.5 Å². The number of fused-ring (bicyclic) bond motifs is 1. The predicted molar refractivity (Wildman–Crippen MR) is 118 cm³/mol. The van der Waals surface area contributed by atoms with Gasteiger partial charge in [0.15, 0.2) is 0 Å². The van der Waals surface area contributed by atoms with Crippen LogP contribution in [0.2, 0.25) is 5.02 Å². The van der Waals surface area contributed by atoms with Crippen molar-refractivity contribution in [3.8, 4) is 5.75 Å². The van der Waals surface area contributed by atoms with Gasteiger partial charge in [0.25, 0.3) is 5.91 Å². The van der Waals surface area contributed by atoms with Gasteiger partial charge < -0.3 is 4.74 Å². The van der Waals surface area contributed by atoms with Crippen molar-refractivity contribution in [2.45, 2.75) is 0 Å². The zero-order valence-electron chi connectivity index (χ0n) is 15.4. The summed E-state index contributed by atoms with van der Waals surface area (Å²) in [6.07, 6.45) is 4.53. The Morgan fingerprint density at radius 1 is 1.07 bits per heavy atom. The van der Waals surface area contributed by atoms with Crippen molar-refractivity contribution < 1.29 is 14.3 Å². The van der Waals surface area contributed by atoms with Gasteiger partial charge in [0.1, 0.15) is 10.6 Å². The van der Waals surface area contributed by atoms with Gasteiger partial charge >= 0.3 is 5.97 Å². The van der Waals surface area contributed by atoms with Crippen LogP contribution in [0.3, 0.4) is 0 Å². The summed E-state index contributed by atoms with van der Waals surface area (Å²) >= 11 is 7.62. The third kappa shape index (κ3) is 4.37. The summed E-state index contributed by atoms with van der Waals surface area (Å²) in [5.41, 5.74) is 3.56. The Morgan fingerprint density at radius 2 is 1.87 bits per heavy atom. The van der Waals surface area contributed by atoms with E-state index in [9.17, 15) is 9.59 Å². The van der Waals surface area contributed by atoms with Crippen molar-refractivity contribution in [3.63, 3.8) is 0 Å². The molecule has 148 valence electrons. The molecule has 0 radical (unpaired) electrons. The molecule has 0 aliphatic heterocycles. The Hall–Kier alpha value is -3.55. The Morgan fingerprint density at radius 3 is 2.60 bits per heavy atom. The van der Waals surface area contributed by atoms with Gasteiger partial charge in [-0.05, 0) is 48.0 Å². The van der Waals surface area contributed by atoms with Crippen molar-refractivity contribution in [2.75, 3.05) is 0 Å². The molecule has 1 amide bonds. The molecule has 2 heterocycles. The van der Waals surface area contributed by atoms with E-state index in [1.54, 1.807) is 42.6 Å². The first-order chi connectivity index (χ1) is 14.6. The number of carbonyl (C=O) groups is 2. The summed E-state index contributed by atoms with van der Waals surface area (Å²) in [7, 11) is 0. The maximum Gasteiger partial charge on any atom is 0.355 e. The van der Waals surface area contributed by atoms with E-state index in [1.165, 1.54) is 23.7 Å². The van der Waals surface area contributed by atoms with E-state index in [0.717, 1.165) is 15.6 Å². The summed E-state index contributed by atoms with van der Waals surface area (Å²) in [4.78, 5) is 28.6. The third-order valence-corrected chi connectivity index (χ3v) is 5.77. The molecule has 0 spiro atoms. The molecule has 0 atom stereocenters. The Labute approximate surface area is 180 Å². The molecule has 4 rings (SSSR count). The second kappa shape index (κ2) is 8.86. The standard InChI is InChI=1S/C22H14ClN3O3S/c23-19-17-5-1-2-6-18(17)30-20(19)22(28)29-16-9-7-14(8-10-16)12-25-26-21(27)15-4-3-11-24-13-15/h1-13H,(H,26,27). The highest BCUT2D eigenvalue weighted by atomic mass is 35.5. The van der Waals surface area contributed by atoms with E-state index in [4.69, 9.17) is 16.3 Å². The van der Waals surface area contributed by atoms with Gasteiger partial charge in [0.05, 0.1) is 16.8 Å². The number of nitrogens with zero attached hydrogens (tertiary/aromatic N) is 2. The number of benzene rings is 2. The van der Waals surface area contributed by atoms with Crippen LogP contribution < -0.4 is 10.2 Å². The molecule has 0 saturated heterocycles. The lowest BCUT2D eigenvalue weighted by Gasteiger charge is -2.03. The largest absolute Gasteiger partial charge is 0.422 e. The number of carbonyl (C=O) groups excluding carboxylic acids is 2. The Balaban J connectivity index is 1.39. The minimum Gasteiger partial charge on any atom is -0.422 e. The molecule has 4 aromatic rings. The number of nitrogens with one attached hydrogen (secondary N) is 1. The monoisotopic (exact) mass is 435 g/mol. The molecular formula is C22H14ClN3O3S. The van der Waals surface area contributed by atoms with Gasteiger partial charge in [0.2, 0.25) is 0 Å². The average molecular weight is 436 g/mol. The first kappa shape index (κ1) is 19.8. The van der Waals surface area contributed by atoms with Crippen LogP contribution in [-0.2, 0) is 0 Å². The number of halogens is 1. The number of hydrazone groups is 1. The third-order valence-electron chi connectivity index (χ3n) is 4.11. The van der Waals surface area contributed by atoms with Crippen LogP contribution in [0, 0.1) is 0 Å². The van der Waals surface area contributed by atoms with Crippen molar-refractivity contribution in [3.05, 3.63) is 94.1 Å². The van der Waals surface area contributed by atoms with Crippen LogP contribution in [0.5, 0.6) is 5.75 Å². The maximum absolute atomic E-state index is 12.5. The van der Waals surface area contributed by atoms with E-state index in [-0.39, 0.29) is 5.91 Å². The molecular weight excluding hydrogens is 422 g/mol. The number of pyridine rings is 1. The average Bonchev–Trinajstić information content (AvgIpc) is 3.12. The number of esters is 1. The topological polar surface area (TPSA) is 80.6 Å². The summed E-state index contributed by atoms with van der Waals surface area (Å²) < 4.78 is 6.36. The number of ether oxygens (including phenoxy) is 1. The van der Waals surface area contributed by atoms with Crippen LogP contribution in [0.15, 0.2) is 78.2 Å². The van der Waals surface area contributed by atoms with Crippen molar-refractivity contribution in [1.82, 2.24) is 10.4 Å². The number of amides is 1. The molecule has 8 heteroatoms. The molecule has 0 aliphatic carbocycles. The lowest BCUT2D eigenvalue weighted by Crippen LogP contribution is -2.17. The van der Waals surface area contributed by atoms with E-state index in [1.807, 2.05) is 24.3 Å². The van der Waals surface area contributed by atoms with E-state index < -0.39 is 5.97 Å². The highest BCUT2D eigenvalue weighted by molar-refractivity contribution is 7.21. The smallest absolute Gasteiger partial charge is 0.355 e. The minimum atomic E-state index is -0.508. The van der Waals surface area contributed by atoms with Crippen LogP contribution in [0.1, 0.15) is 25.6 Å². The molecule has 2 aromatic carbocycles. The highest BCUT2D eigenvalue weighted by Gasteiger charge is 2.18. The highest BCUT2D eigenvalue weighted by Crippen LogP contribution is 2.35. The minimum absolute atomic E-state index is 0.356. The zero-order chi connectivity index (χ0) is 20.9. The zero-order valence-corrected chi connectivity index (χ0v) is 17.0. The lowest BCUT2D eigenvalue weighted by atomic mass is 10.2. The number of hydrogen-bond acceptors (Lipinski definition) is 6. The SMILES string of the molecule is O=C(NN=Cc1ccc(OC(=O)c2sc3ccccc3c2Cl)cc1)c1cccnc1. The maximum atomic E-state index is 12.5. The molecule has 30 heavy (non-hydrogen) atoms. The lowest BCUT2D eigenvalue weighted by molar-refractivity contribution is 0.0739. The van der Waals surface area contributed by atoms with Gasteiger partial charge in [-0.3, -0.25) is 9.78 Å². The van der Waals surface area contributed by atoms with Gasteiger partial charge in [-0.2, -0.15) is 5.10 Å². The second-order valence-corrected chi connectivity index (χ2v) is 7.57. The number of rotatable bonds is 5. The van der Waals surface area contributed by atoms with Crippen molar-refractivity contribution in [1.29, 1.82) is 0 Å². The predicted octanol–water partition coefficient (Wildman–Crippen LogP) is 4.93. The normalized spacial score (nSPS) is 11.0. The molecule has 0 unspecified atom stereocenters. The van der Waals surface area contributed by atoms with Crippen LogP contribution in [0.4, 0.5) is 0 Å². The molecule has 0 saturated carbocycles. The number of aromatic nitrogens is 1.